The van der Waals surface area contributed by atoms with Crippen LogP contribution >= 0.6 is 0 Å². The molecule has 3 nitrogen and oxygen atoms in total. The average molecular weight is 389 g/mol. The summed E-state index contributed by atoms with van der Waals surface area (Å²) in [6.45, 7) is 4.82. The fourth-order valence-electron chi connectivity index (χ4n) is 2.89. The van der Waals surface area contributed by atoms with Crippen LogP contribution in [0.4, 0.5) is 0 Å². The van der Waals surface area contributed by atoms with Crippen molar-refractivity contribution in [2.75, 3.05) is 12.4 Å². The van der Waals surface area contributed by atoms with E-state index in [2.05, 4.69) is 13.8 Å². The van der Waals surface area contributed by atoms with E-state index in [1.165, 1.54) is 70.6 Å². The summed E-state index contributed by atoms with van der Waals surface area (Å²) in [6.07, 6.45) is 19.0. The molecule has 0 aliphatic carbocycles. The quantitative estimate of drug-likeness (QED) is 0.145. The molecule has 0 N–H and O–H groups in total. The normalized spacial score (nSPS) is 11.4. The van der Waals surface area contributed by atoms with E-state index in [4.69, 9.17) is 4.18 Å². The van der Waals surface area contributed by atoms with Gasteiger partial charge < -0.3 is 2.85 Å². The molecule has 0 unspecified atom stereocenters. The third kappa shape index (κ3) is 22.6. The van der Waals surface area contributed by atoms with Crippen molar-refractivity contribution in [3.05, 3.63) is 0 Å². The average Bonchev–Trinajstić information content (AvgIpc) is 2.55. The van der Waals surface area contributed by atoms with Crippen LogP contribution in [-0.4, -0.2) is 43.8 Å². The van der Waals surface area contributed by atoms with E-state index in [-0.39, 0.29) is 31.7 Å². The molecule has 0 radical (unpaired) electrons. The molecule has 0 aromatic rings. The third-order valence-electron chi connectivity index (χ3n) is 4.51. The molecule has 0 aliphatic heterocycles. The van der Waals surface area contributed by atoms with Crippen molar-refractivity contribution in [2.24, 2.45) is 0 Å². The molecular formula is C20H44MgO3S. The van der Waals surface area contributed by atoms with Crippen LogP contribution in [0.5, 0.6) is 0 Å². The minimum atomic E-state index is -3.29. The topological polar surface area (TPSA) is 43.4 Å². The second-order valence-corrected chi connectivity index (χ2v) is 8.79. The van der Waals surface area contributed by atoms with E-state index in [1.54, 1.807) is 0 Å². The van der Waals surface area contributed by atoms with E-state index in [1.807, 2.05) is 0 Å². The predicted octanol–water partition coefficient (Wildman–Crippen LogP) is 6.46. The van der Waals surface area contributed by atoms with Gasteiger partial charge in [0.1, 0.15) is 0 Å². The van der Waals surface area contributed by atoms with Gasteiger partial charge in [0.05, 0.1) is 12.4 Å². The van der Waals surface area contributed by atoms with Gasteiger partial charge in [-0.2, -0.15) is 8.42 Å². The van der Waals surface area contributed by atoms with Crippen molar-refractivity contribution in [1.82, 2.24) is 0 Å². The molecule has 0 aromatic carbocycles. The maximum absolute atomic E-state index is 11.8. The van der Waals surface area contributed by atoms with Crippen LogP contribution in [0, 0.1) is 0 Å². The molecule has 0 aromatic heterocycles. The zero-order valence-corrected chi connectivity index (χ0v) is 19.3. The summed E-state index contributed by atoms with van der Waals surface area (Å²) in [5.41, 5.74) is 0. The van der Waals surface area contributed by atoms with Gasteiger partial charge in [0.25, 0.3) is 10.1 Å². The summed E-state index contributed by atoms with van der Waals surface area (Å²) in [6, 6.07) is 0. The largest absolute Gasteiger partial charge is 2.00 e. The maximum Gasteiger partial charge on any atom is 2.00 e. The first-order chi connectivity index (χ1) is 11.6. The van der Waals surface area contributed by atoms with Gasteiger partial charge in [0, 0.05) is 0 Å². The first-order valence-electron chi connectivity index (χ1n) is 10.5. The van der Waals surface area contributed by atoms with Gasteiger partial charge in [0.15, 0.2) is 0 Å². The van der Waals surface area contributed by atoms with Crippen LogP contribution in [0.1, 0.15) is 119 Å². The zero-order chi connectivity index (χ0) is 17.9. The van der Waals surface area contributed by atoms with Crippen LogP contribution in [0.15, 0.2) is 0 Å². The fraction of sp³-hybridized carbons (Fsp3) is 1.00. The Labute approximate surface area is 177 Å². The molecule has 0 rings (SSSR count). The van der Waals surface area contributed by atoms with Crippen molar-refractivity contribution in [2.45, 2.75) is 117 Å². The number of unbranched alkanes of at least 4 members (excludes halogenated alkanes) is 14. The summed E-state index contributed by atoms with van der Waals surface area (Å²) in [5, 5.41) is 0. The van der Waals surface area contributed by atoms with Crippen LogP contribution < -0.4 is 0 Å². The van der Waals surface area contributed by atoms with Crippen molar-refractivity contribution < 1.29 is 15.5 Å². The van der Waals surface area contributed by atoms with E-state index in [0.717, 1.165) is 32.1 Å². The first-order valence-corrected chi connectivity index (χ1v) is 12.1. The van der Waals surface area contributed by atoms with Gasteiger partial charge in [-0.3, -0.25) is 4.18 Å². The Bertz CT molecular complexity index is 355. The standard InChI is InChI=1S/C20H42O3S.Mg.2H/c1-3-5-7-9-11-13-15-17-19-23-24(21,22)20-18-16-14-12-10-8-6-4-2;;;/h3-20H2,1-2H3;;;/q;+2;2*-1. The van der Waals surface area contributed by atoms with Gasteiger partial charge in [-0.25, -0.2) is 0 Å². The number of rotatable bonds is 19. The van der Waals surface area contributed by atoms with Crippen LogP contribution in [0.25, 0.3) is 0 Å². The van der Waals surface area contributed by atoms with Gasteiger partial charge >= 0.3 is 23.1 Å². The molecule has 0 spiro atoms. The Kier molecular flexibility index (Phi) is 23.4. The van der Waals surface area contributed by atoms with Crippen molar-refractivity contribution in [3.63, 3.8) is 0 Å². The number of hydrogen-bond acceptors (Lipinski definition) is 3. The van der Waals surface area contributed by atoms with Crippen molar-refractivity contribution in [1.29, 1.82) is 0 Å². The molecule has 0 amide bonds. The maximum atomic E-state index is 11.8. The Hall–Kier alpha value is 0.676. The van der Waals surface area contributed by atoms with E-state index < -0.39 is 10.1 Å². The summed E-state index contributed by atoms with van der Waals surface area (Å²) in [7, 11) is -3.29. The molecule has 5 heteroatoms. The predicted molar refractivity (Wildman–Crippen MR) is 113 cm³/mol. The van der Waals surface area contributed by atoms with E-state index in [9.17, 15) is 8.42 Å². The summed E-state index contributed by atoms with van der Waals surface area (Å²) < 4.78 is 28.7. The zero-order valence-electron chi connectivity index (χ0n) is 19.1. The Morgan fingerprint density at radius 1 is 0.600 bits per heavy atom. The summed E-state index contributed by atoms with van der Waals surface area (Å²) in [4.78, 5) is 0. The van der Waals surface area contributed by atoms with E-state index >= 15 is 0 Å². The Morgan fingerprint density at radius 2 is 0.960 bits per heavy atom. The van der Waals surface area contributed by atoms with Crippen LogP contribution in [0.2, 0.25) is 0 Å². The Morgan fingerprint density at radius 3 is 1.40 bits per heavy atom. The summed E-state index contributed by atoms with van der Waals surface area (Å²) in [5.74, 6) is 0.193. The summed E-state index contributed by atoms with van der Waals surface area (Å²) >= 11 is 0. The molecule has 0 heterocycles. The second-order valence-electron chi connectivity index (χ2n) is 7.03. The monoisotopic (exact) mass is 388 g/mol. The second kappa shape index (κ2) is 21.0. The smallest absolute Gasteiger partial charge is 1.00 e. The number of hydrogen-bond donors (Lipinski definition) is 0. The van der Waals surface area contributed by atoms with Crippen LogP contribution in [0.3, 0.4) is 0 Å². The molecule has 0 aliphatic rings. The van der Waals surface area contributed by atoms with Gasteiger partial charge in [-0.05, 0) is 12.8 Å². The van der Waals surface area contributed by atoms with Crippen molar-refractivity contribution >= 4 is 33.2 Å². The molecular weight excluding hydrogens is 345 g/mol. The molecule has 0 saturated heterocycles. The molecule has 0 bridgehead atoms. The van der Waals surface area contributed by atoms with Gasteiger partial charge in [-0.1, -0.05) is 104 Å². The molecule has 25 heavy (non-hydrogen) atoms. The molecule has 0 saturated carbocycles. The molecule has 150 valence electrons. The molecule has 0 fully saturated rings. The SMILES string of the molecule is CCCCCCCCCCOS(=O)(=O)CCCCCCCCCC.[H-].[H-].[Mg+2]. The minimum Gasteiger partial charge on any atom is -1.00 e. The third-order valence-corrected chi connectivity index (χ3v) is 5.82. The van der Waals surface area contributed by atoms with Gasteiger partial charge in [0.2, 0.25) is 0 Å². The Balaban J connectivity index is -0.000000882. The van der Waals surface area contributed by atoms with Crippen LogP contribution in [-0.2, 0) is 14.3 Å². The first kappa shape index (κ1) is 27.9. The fourth-order valence-corrected chi connectivity index (χ4v) is 3.94. The van der Waals surface area contributed by atoms with Gasteiger partial charge in [-0.15, -0.1) is 0 Å². The molecule has 0 atom stereocenters. The van der Waals surface area contributed by atoms with E-state index in [0.29, 0.717) is 6.61 Å². The minimum absolute atomic E-state index is 0. The van der Waals surface area contributed by atoms with Crippen molar-refractivity contribution in [3.8, 4) is 0 Å².